The molecule has 0 atom stereocenters. The largest absolute Gasteiger partial charge is 0.872 e. The Labute approximate surface area is 192 Å². The van der Waals surface area contributed by atoms with Crippen molar-refractivity contribution in [3.8, 4) is 23.0 Å². The van der Waals surface area contributed by atoms with Crippen molar-refractivity contribution in [2.45, 2.75) is 0 Å². The number of rotatable bonds is 4. The van der Waals surface area contributed by atoms with Crippen LogP contribution in [0.5, 0.6) is 23.0 Å². The molecule has 2 aromatic carbocycles. The van der Waals surface area contributed by atoms with E-state index in [4.69, 9.17) is 35.7 Å². The number of benzene rings is 2. The zero-order chi connectivity index (χ0) is 21.8. The molecule has 7 N–H and O–H groups in total. The van der Waals surface area contributed by atoms with E-state index < -0.39 is 69.1 Å². The molecule has 152 valence electrons. The molecule has 2 aromatic rings. The van der Waals surface area contributed by atoms with Crippen molar-refractivity contribution in [2.24, 2.45) is 0 Å². The molecule has 0 aliphatic rings. The Balaban J connectivity index is 0.000000523. The number of carbonyl (C=O) groups is 4. The molecular weight excluding hydrogens is 616 g/mol. The average molecular weight is 627 g/mol. The van der Waals surface area contributed by atoms with E-state index in [9.17, 15) is 24.3 Å². The van der Waals surface area contributed by atoms with E-state index in [1.807, 2.05) is 0 Å². The molecule has 12 nitrogen and oxygen atoms in total. The second-order valence-corrected chi connectivity index (χ2v) is 4.97. The molecule has 0 unspecified atom stereocenters. The molecule has 0 aromatic heterocycles. The topological polar surface area (TPSA) is 233 Å². The first kappa shape index (κ1) is 25.8. The number of carboxylic acid groups (broad SMARTS) is 4. The van der Waals surface area contributed by atoms with Gasteiger partial charge in [-0.3, -0.25) is 0 Å². The molecule has 0 radical (unpaired) electrons. The van der Waals surface area contributed by atoms with Crippen molar-refractivity contribution in [3.63, 3.8) is 0 Å². The van der Waals surface area contributed by atoms with E-state index in [1.165, 1.54) is 0 Å². The van der Waals surface area contributed by atoms with Crippen molar-refractivity contribution in [1.82, 2.24) is 0 Å². The van der Waals surface area contributed by atoms with Crippen LogP contribution in [-0.2, 0) is 0 Å². The Bertz CT molecular complexity index is 823. The predicted molar refractivity (Wildman–Crippen MR) is 85.2 cm³/mol. The number of carboxylic acids is 4. The summed E-state index contributed by atoms with van der Waals surface area (Å²) in [5.74, 6) is -8.99. The fourth-order valence-electron chi connectivity index (χ4n) is 1.83. The molecule has 13 heteroatoms. The van der Waals surface area contributed by atoms with Crippen LogP contribution in [0.25, 0.3) is 0 Å². The summed E-state index contributed by atoms with van der Waals surface area (Å²) in [6.45, 7) is 0. The van der Waals surface area contributed by atoms with E-state index in [1.54, 1.807) is 0 Å². The molecule has 0 bridgehead atoms. The molecule has 0 amide bonds. The summed E-state index contributed by atoms with van der Waals surface area (Å²) in [4.78, 5) is 41.7. The molecule has 0 fully saturated rings. The van der Waals surface area contributed by atoms with Crippen molar-refractivity contribution >= 4 is 23.9 Å². The van der Waals surface area contributed by atoms with Gasteiger partial charge in [0.25, 0.3) is 0 Å². The third-order valence-electron chi connectivity index (χ3n) is 3.13. The van der Waals surface area contributed by atoms with Gasteiger partial charge in [-0.05, 0) is 18.2 Å². The number of phenols is 3. The summed E-state index contributed by atoms with van der Waals surface area (Å²) in [7, 11) is 0. The summed E-state index contributed by atoms with van der Waals surface area (Å²) in [6, 6.07) is 2.55. The maximum absolute atomic E-state index is 11.0. The Morgan fingerprint density at radius 1 is 0.552 bits per heavy atom. The zero-order valence-electron chi connectivity index (χ0n) is 14.0. The van der Waals surface area contributed by atoms with E-state index in [0.717, 1.165) is 0 Å². The third-order valence-corrected chi connectivity index (χ3v) is 3.13. The van der Waals surface area contributed by atoms with Crippen LogP contribution in [-0.4, -0.2) is 59.6 Å². The monoisotopic (exact) mass is 627 g/mol. The number of hydrogen-bond acceptors (Lipinski definition) is 8. The standard InChI is InChI=1S/2C8H6O6.Th/c2*9-5-1-3(7(11)12)6(10)2-4(5)8(13)14;/h2*1-2,9-10H,(H,11,12)(H,13,14);/p-1. The van der Waals surface area contributed by atoms with E-state index in [2.05, 4.69) is 0 Å². The van der Waals surface area contributed by atoms with Gasteiger partial charge in [0.15, 0.2) is 0 Å². The number of aromatic hydroxyl groups is 3. The molecule has 0 spiro atoms. The molecule has 0 saturated heterocycles. The number of aromatic carboxylic acids is 4. The van der Waals surface area contributed by atoms with Crippen LogP contribution in [0.3, 0.4) is 0 Å². The Hall–Kier alpha value is -3.16. The van der Waals surface area contributed by atoms with Gasteiger partial charge in [0, 0.05) is 39.9 Å². The van der Waals surface area contributed by atoms with E-state index in [-0.39, 0.29) is 39.9 Å². The number of hydrogen-bond donors (Lipinski definition) is 7. The van der Waals surface area contributed by atoms with Crippen LogP contribution in [0.4, 0.5) is 0 Å². The minimum Gasteiger partial charge on any atom is -0.872 e. The van der Waals surface area contributed by atoms with Crippen LogP contribution >= 0.6 is 0 Å². The quantitative estimate of drug-likeness (QED) is 0.228. The van der Waals surface area contributed by atoms with Crippen LogP contribution in [0.2, 0.25) is 0 Å². The van der Waals surface area contributed by atoms with Crippen molar-refractivity contribution < 1.29 is 100.0 Å². The maximum Gasteiger partial charge on any atom is 0.339 e. The second-order valence-electron chi connectivity index (χ2n) is 4.97. The first-order valence-corrected chi connectivity index (χ1v) is 6.90. The van der Waals surface area contributed by atoms with Gasteiger partial charge in [0.05, 0.1) is 5.56 Å². The minimum absolute atomic E-state index is 0. The minimum atomic E-state index is -1.51. The van der Waals surface area contributed by atoms with Crippen LogP contribution in [0, 0.1) is 39.9 Å². The molecule has 0 heterocycles. The Kier molecular flexibility index (Phi) is 9.27. The zero-order valence-corrected chi connectivity index (χ0v) is 18.1. The van der Waals surface area contributed by atoms with Gasteiger partial charge in [-0.2, -0.15) is 0 Å². The van der Waals surface area contributed by atoms with Gasteiger partial charge in [0.2, 0.25) is 0 Å². The van der Waals surface area contributed by atoms with E-state index >= 15 is 0 Å². The Morgan fingerprint density at radius 3 is 1.07 bits per heavy atom. The van der Waals surface area contributed by atoms with Crippen LogP contribution < -0.4 is 5.11 Å². The normalized spacial score (nSPS) is 9.38. The van der Waals surface area contributed by atoms with Crippen molar-refractivity contribution in [3.05, 3.63) is 46.5 Å². The van der Waals surface area contributed by atoms with Gasteiger partial charge >= 0.3 is 23.9 Å². The SMILES string of the molecule is O=C(O)c1cc(O)c(C(=O)O)cc1O.O=C(O)c1cc(O)c(C(=O)O)cc1[O-].[Th]. The van der Waals surface area contributed by atoms with Gasteiger partial charge < -0.3 is 40.9 Å². The fourth-order valence-corrected chi connectivity index (χ4v) is 1.83. The molecule has 29 heavy (non-hydrogen) atoms. The maximum atomic E-state index is 11.0. The smallest absolute Gasteiger partial charge is 0.339 e. The molecule has 0 saturated carbocycles. The molecule has 2 rings (SSSR count). The van der Waals surface area contributed by atoms with Gasteiger partial charge in [-0.25, -0.2) is 19.2 Å². The molecular formula is C16H11O12Th-. The van der Waals surface area contributed by atoms with E-state index in [0.29, 0.717) is 24.3 Å². The third kappa shape index (κ3) is 6.45. The van der Waals surface area contributed by atoms with Crippen molar-refractivity contribution in [1.29, 1.82) is 0 Å². The molecule has 0 aliphatic heterocycles. The summed E-state index contributed by atoms with van der Waals surface area (Å²) >= 11 is 0. The van der Waals surface area contributed by atoms with Gasteiger partial charge in [-0.1, -0.05) is 11.8 Å². The van der Waals surface area contributed by atoms with Gasteiger partial charge in [0.1, 0.15) is 33.9 Å². The van der Waals surface area contributed by atoms with Gasteiger partial charge in [-0.15, -0.1) is 0 Å². The van der Waals surface area contributed by atoms with Crippen LogP contribution in [0.15, 0.2) is 24.3 Å². The summed E-state index contributed by atoms with van der Waals surface area (Å²) < 4.78 is 0. The molecule has 0 aliphatic carbocycles. The summed E-state index contributed by atoms with van der Waals surface area (Å²) in [5, 5.41) is 72.1. The second kappa shape index (κ2) is 10.4. The first-order valence-electron chi connectivity index (χ1n) is 6.90. The van der Waals surface area contributed by atoms with Crippen molar-refractivity contribution in [2.75, 3.05) is 0 Å². The average Bonchev–Trinajstić information content (AvgIpc) is 2.57. The predicted octanol–water partition coefficient (Wildman–Crippen LogP) is 0.356. The first-order chi connectivity index (χ1) is 12.9. The summed E-state index contributed by atoms with van der Waals surface area (Å²) in [5.41, 5.74) is -2.37. The Morgan fingerprint density at radius 2 is 0.793 bits per heavy atom. The fraction of sp³-hybridized carbons (Fsp3) is 0. The van der Waals surface area contributed by atoms with Crippen LogP contribution in [0.1, 0.15) is 41.4 Å². The summed E-state index contributed by atoms with van der Waals surface area (Å²) in [6.07, 6.45) is 0.